The van der Waals surface area contributed by atoms with Crippen LogP contribution >= 0.6 is 0 Å². The van der Waals surface area contributed by atoms with Crippen molar-refractivity contribution in [3.8, 4) is 11.8 Å². The minimum atomic E-state index is -0.607. The highest BCUT2D eigenvalue weighted by molar-refractivity contribution is 5.99. The van der Waals surface area contributed by atoms with Crippen molar-refractivity contribution in [2.45, 2.75) is 26.4 Å². The lowest BCUT2D eigenvalue weighted by atomic mass is 10.2. The molecular weight excluding hydrogens is 286 g/mol. The molecule has 0 atom stereocenters. The summed E-state index contributed by atoms with van der Waals surface area (Å²) >= 11 is 0. The van der Waals surface area contributed by atoms with E-state index in [9.17, 15) is 9.59 Å². The van der Waals surface area contributed by atoms with Crippen LogP contribution in [-0.4, -0.2) is 30.8 Å². The number of nitrogens with one attached hydrogen (secondary N) is 1. The van der Waals surface area contributed by atoms with Crippen molar-refractivity contribution in [3.05, 3.63) is 18.2 Å². The van der Waals surface area contributed by atoms with Crippen molar-refractivity contribution in [3.63, 3.8) is 0 Å². The van der Waals surface area contributed by atoms with Crippen molar-refractivity contribution in [1.82, 2.24) is 0 Å². The van der Waals surface area contributed by atoms with Gasteiger partial charge < -0.3 is 9.47 Å². The van der Waals surface area contributed by atoms with E-state index in [1.54, 1.807) is 39.0 Å². The highest BCUT2D eigenvalue weighted by atomic mass is 16.6. The molecule has 1 N–H and O–H groups in total. The minimum absolute atomic E-state index is 0.0783. The molecule has 2 rings (SSSR count). The van der Waals surface area contributed by atoms with E-state index in [-0.39, 0.29) is 19.1 Å². The van der Waals surface area contributed by atoms with Crippen LogP contribution in [-0.2, 0) is 9.53 Å². The number of hydrogen-bond acceptors (Lipinski definition) is 5. The highest BCUT2D eigenvalue weighted by Gasteiger charge is 2.26. The smallest absolute Gasteiger partial charge is 0.412 e. The molecule has 0 saturated carbocycles. The van der Waals surface area contributed by atoms with Gasteiger partial charge in [-0.1, -0.05) is 0 Å². The summed E-state index contributed by atoms with van der Waals surface area (Å²) < 4.78 is 10.5. The average Bonchev–Trinajstić information content (AvgIpc) is 2.40. The number of hydrogen-bond donors (Lipinski definition) is 1. The average molecular weight is 303 g/mol. The lowest BCUT2D eigenvalue weighted by Gasteiger charge is -2.28. The van der Waals surface area contributed by atoms with Gasteiger partial charge >= 0.3 is 6.09 Å². The van der Waals surface area contributed by atoms with Gasteiger partial charge in [-0.25, -0.2) is 4.79 Å². The Kier molecular flexibility index (Phi) is 4.22. The molecule has 0 saturated heterocycles. The van der Waals surface area contributed by atoms with E-state index in [0.717, 1.165) is 0 Å². The van der Waals surface area contributed by atoms with Crippen molar-refractivity contribution in [1.29, 1.82) is 5.26 Å². The Morgan fingerprint density at radius 3 is 2.86 bits per heavy atom. The van der Waals surface area contributed by atoms with Gasteiger partial charge in [-0.15, -0.1) is 0 Å². The van der Waals surface area contributed by atoms with Gasteiger partial charge in [0.2, 0.25) is 0 Å². The first kappa shape index (κ1) is 15.6. The van der Waals surface area contributed by atoms with Crippen molar-refractivity contribution in [2.24, 2.45) is 0 Å². The number of carbonyl (C=O) groups excluding carboxylic acids is 2. The van der Waals surface area contributed by atoms with Crippen LogP contribution < -0.4 is 15.0 Å². The van der Waals surface area contributed by atoms with E-state index in [1.807, 2.05) is 6.07 Å². The van der Waals surface area contributed by atoms with E-state index >= 15 is 0 Å². The van der Waals surface area contributed by atoms with Gasteiger partial charge in [0.25, 0.3) is 5.91 Å². The molecule has 22 heavy (non-hydrogen) atoms. The SMILES string of the molecule is CC(C)(C)OC(=O)Nc1ccc2c(c1)N(CC#N)C(=O)CO2. The number of fused-ring (bicyclic) bond motifs is 1. The Hall–Kier alpha value is -2.75. The fourth-order valence-corrected chi connectivity index (χ4v) is 1.95. The predicted molar refractivity (Wildman–Crippen MR) is 79.8 cm³/mol. The fraction of sp³-hybridized carbons (Fsp3) is 0.400. The molecule has 7 heteroatoms. The first-order chi connectivity index (χ1) is 10.3. The van der Waals surface area contributed by atoms with Gasteiger partial charge in [-0.05, 0) is 39.0 Å². The van der Waals surface area contributed by atoms with E-state index in [0.29, 0.717) is 17.1 Å². The van der Waals surface area contributed by atoms with Gasteiger partial charge in [-0.3, -0.25) is 15.0 Å². The number of nitrogens with zero attached hydrogens (tertiary/aromatic N) is 2. The second-order valence-electron chi connectivity index (χ2n) is 5.74. The second kappa shape index (κ2) is 5.93. The summed E-state index contributed by atoms with van der Waals surface area (Å²) in [5.41, 5.74) is 0.296. The Bertz CT molecular complexity index is 643. The molecule has 0 bridgehead atoms. The third kappa shape index (κ3) is 3.67. The van der Waals surface area contributed by atoms with Crippen LogP contribution in [0, 0.1) is 11.3 Å². The summed E-state index contributed by atoms with van der Waals surface area (Å²) in [7, 11) is 0. The Balaban J connectivity index is 2.21. The van der Waals surface area contributed by atoms with Gasteiger partial charge in [0.15, 0.2) is 6.61 Å². The first-order valence-electron chi connectivity index (χ1n) is 6.74. The molecule has 0 fully saturated rings. The summed E-state index contributed by atoms with van der Waals surface area (Å²) in [5, 5.41) is 11.4. The van der Waals surface area contributed by atoms with Crippen LogP contribution in [0.2, 0.25) is 0 Å². The number of anilines is 2. The highest BCUT2D eigenvalue weighted by Crippen LogP contribution is 2.34. The lowest BCUT2D eigenvalue weighted by Crippen LogP contribution is -2.39. The summed E-state index contributed by atoms with van der Waals surface area (Å²) in [4.78, 5) is 24.9. The van der Waals surface area contributed by atoms with E-state index < -0.39 is 11.7 Å². The zero-order chi connectivity index (χ0) is 16.3. The van der Waals surface area contributed by atoms with E-state index in [2.05, 4.69) is 5.32 Å². The maximum Gasteiger partial charge on any atom is 0.412 e. The quantitative estimate of drug-likeness (QED) is 0.846. The summed E-state index contributed by atoms with van der Waals surface area (Å²) in [6, 6.07) is 6.79. The number of nitriles is 1. The van der Waals surface area contributed by atoms with Crippen LogP contribution in [0.25, 0.3) is 0 Å². The van der Waals surface area contributed by atoms with Crippen LogP contribution in [0.1, 0.15) is 20.8 Å². The molecule has 0 aromatic heterocycles. The van der Waals surface area contributed by atoms with Crippen molar-refractivity contribution >= 4 is 23.4 Å². The monoisotopic (exact) mass is 303 g/mol. The zero-order valence-corrected chi connectivity index (χ0v) is 12.7. The molecule has 1 heterocycles. The van der Waals surface area contributed by atoms with Gasteiger partial charge in [0, 0.05) is 5.69 Å². The fourth-order valence-electron chi connectivity index (χ4n) is 1.95. The van der Waals surface area contributed by atoms with Crippen LogP contribution in [0.15, 0.2) is 18.2 Å². The first-order valence-corrected chi connectivity index (χ1v) is 6.74. The number of ether oxygens (including phenoxy) is 2. The number of rotatable bonds is 2. The molecule has 0 unspecified atom stereocenters. The maximum absolute atomic E-state index is 11.8. The molecule has 1 aromatic carbocycles. The summed E-state index contributed by atoms with van der Waals surface area (Å²) in [6.45, 7) is 5.11. The molecule has 0 aliphatic carbocycles. The number of carbonyl (C=O) groups is 2. The molecule has 0 spiro atoms. The van der Waals surface area contributed by atoms with E-state index in [1.165, 1.54) is 4.90 Å². The van der Waals surface area contributed by atoms with Gasteiger partial charge in [0.05, 0.1) is 11.8 Å². The third-order valence-corrected chi connectivity index (χ3v) is 2.78. The van der Waals surface area contributed by atoms with Crippen LogP contribution in [0.4, 0.5) is 16.2 Å². The largest absolute Gasteiger partial charge is 0.482 e. The predicted octanol–water partition coefficient (Wildman–Crippen LogP) is 2.28. The Morgan fingerprint density at radius 2 is 2.23 bits per heavy atom. The summed E-state index contributed by atoms with van der Waals surface area (Å²) in [5.74, 6) is 0.188. The minimum Gasteiger partial charge on any atom is -0.482 e. The molecule has 1 aliphatic heterocycles. The molecule has 7 nitrogen and oxygen atoms in total. The number of amides is 2. The Labute approximate surface area is 128 Å². The van der Waals surface area contributed by atoms with Gasteiger partial charge in [0.1, 0.15) is 17.9 Å². The summed E-state index contributed by atoms with van der Waals surface area (Å²) in [6.07, 6.45) is -0.595. The second-order valence-corrected chi connectivity index (χ2v) is 5.74. The lowest BCUT2D eigenvalue weighted by molar-refractivity contribution is -0.121. The third-order valence-electron chi connectivity index (χ3n) is 2.78. The van der Waals surface area contributed by atoms with E-state index in [4.69, 9.17) is 14.7 Å². The van der Waals surface area contributed by atoms with Crippen LogP contribution in [0.5, 0.6) is 5.75 Å². The zero-order valence-electron chi connectivity index (χ0n) is 12.7. The van der Waals surface area contributed by atoms with Crippen LogP contribution in [0.3, 0.4) is 0 Å². The molecule has 1 aromatic rings. The molecule has 1 aliphatic rings. The number of benzene rings is 1. The van der Waals surface area contributed by atoms with Gasteiger partial charge in [-0.2, -0.15) is 5.26 Å². The normalized spacial score (nSPS) is 13.7. The standard InChI is InChI=1S/C15H17N3O4/c1-15(2,3)22-14(20)17-10-4-5-12-11(8-10)18(7-6-16)13(19)9-21-12/h4-5,8H,7,9H2,1-3H3,(H,17,20). The topological polar surface area (TPSA) is 91.7 Å². The van der Waals surface area contributed by atoms with Crippen molar-refractivity contribution in [2.75, 3.05) is 23.4 Å². The molecule has 0 radical (unpaired) electrons. The maximum atomic E-state index is 11.8. The molecular formula is C15H17N3O4. The molecule has 2 amide bonds. The van der Waals surface area contributed by atoms with Crippen molar-refractivity contribution < 1.29 is 19.1 Å². The molecule has 116 valence electrons. The Morgan fingerprint density at radius 1 is 1.50 bits per heavy atom.